The number of anilines is 3. The molecule has 0 saturated carbocycles. The highest BCUT2D eigenvalue weighted by atomic mass is 32.2. The number of thioether (sulfide) groups is 1. The highest BCUT2D eigenvalue weighted by molar-refractivity contribution is 8.00. The average molecular weight is 354 g/mol. The predicted octanol–water partition coefficient (Wildman–Crippen LogP) is 4.41. The Balaban J connectivity index is 1.75. The van der Waals surface area contributed by atoms with E-state index in [0.717, 1.165) is 11.4 Å². The molecule has 3 nitrogen and oxygen atoms in total. The Hall–Kier alpha value is -2.16. The molecule has 1 aliphatic heterocycles. The third-order valence-corrected chi connectivity index (χ3v) is 5.52. The summed E-state index contributed by atoms with van der Waals surface area (Å²) in [7, 11) is 1.96. The highest BCUT2D eigenvalue weighted by Crippen LogP contribution is 2.44. The Morgan fingerprint density at radius 2 is 2.08 bits per heavy atom. The van der Waals surface area contributed by atoms with Crippen molar-refractivity contribution in [3.63, 3.8) is 0 Å². The molecule has 0 bridgehead atoms. The van der Waals surface area contributed by atoms with Gasteiger partial charge in [0.05, 0.1) is 17.6 Å². The quantitative estimate of drug-likeness (QED) is 0.649. The van der Waals surface area contributed by atoms with Gasteiger partial charge >= 0.3 is 0 Å². The van der Waals surface area contributed by atoms with Crippen LogP contribution in [0.1, 0.15) is 6.92 Å². The second-order valence-corrected chi connectivity index (χ2v) is 7.30. The van der Waals surface area contributed by atoms with E-state index in [0.29, 0.717) is 17.0 Å². The number of para-hydroxylation sites is 1. The molecule has 1 heterocycles. The molecule has 1 N–H and O–H groups in total. The molecule has 24 heavy (non-hydrogen) atoms. The summed E-state index contributed by atoms with van der Waals surface area (Å²) in [5.74, 6) is 2.73. The minimum Gasteiger partial charge on any atom is -0.347 e. The Labute approximate surface area is 153 Å². The SMILES string of the molecule is C#CCN1c2ccc(NC(=S)N(C)c3ccccc3)cc2SC1C. The maximum Gasteiger partial charge on any atom is 0.177 e. The second kappa shape index (κ2) is 7.16. The number of terminal acetylenes is 1. The first-order valence-electron chi connectivity index (χ1n) is 7.70. The lowest BCUT2D eigenvalue weighted by Crippen LogP contribution is -2.30. The molecule has 1 atom stereocenters. The normalized spacial score (nSPS) is 15.5. The van der Waals surface area contributed by atoms with Gasteiger partial charge in [0, 0.05) is 23.3 Å². The number of nitrogens with zero attached hydrogens (tertiary/aromatic N) is 2. The summed E-state index contributed by atoms with van der Waals surface area (Å²) in [6, 6.07) is 16.4. The van der Waals surface area contributed by atoms with Crippen molar-refractivity contribution in [3.05, 3.63) is 48.5 Å². The van der Waals surface area contributed by atoms with Crippen LogP contribution < -0.4 is 15.1 Å². The standard InChI is InChI=1S/C19H19N3S2/c1-4-12-22-14(2)24-18-13-15(10-11-17(18)22)20-19(23)21(3)16-8-6-5-7-9-16/h1,5-11,13-14H,12H2,2-3H3,(H,20,23). The molecule has 0 aromatic heterocycles. The van der Waals surface area contributed by atoms with Crippen molar-refractivity contribution in [3.8, 4) is 12.3 Å². The van der Waals surface area contributed by atoms with Crippen molar-refractivity contribution in [2.45, 2.75) is 17.2 Å². The zero-order valence-electron chi connectivity index (χ0n) is 13.7. The first-order valence-corrected chi connectivity index (χ1v) is 8.99. The molecule has 0 saturated heterocycles. The summed E-state index contributed by atoms with van der Waals surface area (Å²) in [4.78, 5) is 5.43. The molecule has 0 fully saturated rings. The fourth-order valence-corrected chi connectivity index (χ4v) is 4.06. The first-order chi connectivity index (χ1) is 11.6. The van der Waals surface area contributed by atoms with Crippen LogP contribution in [-0.2, 0) is 0 Å². The molecule has 2 aromatic rings. The second-order valence-electron chi connectivity index (χ2n) is 5.56. The van der Waals surface area contributed by atoms with E-state index in [1.54, 1.807) is 0 Å². The highest BCUT2D eigenvalue weighted by Gasteiger charge is 2.26. The van der Waals surface area contributed by atoms with Crippen LogP contribution in [0.25, 0.3) is 0 Å². The summed E-state index contributed by atoms with van der Waals surface area (Å²) >= 11 is 7.35. The maximum atomic E-state index is 5.53. The number of hydrogen-bond acceptors (Lipinski definition) is 3. The first kappa shape index (κ1) is 16.7. The zero-order chi connectivity index (χ0) is 17.1. The smallest absolute Gasteiger partial charge is 0.177 e. The molecule has 0 radical (unpaired) electrons. The van der Waals surface area contributed by atoms with Gasteiger partial charge in [0.2, 0.25) is 0 Å². The van der Waals surface area contributed by atoms with Gasteiger partial charge in [-0.1, -0.05) is 35.9 Å². The zero-order valence-corrected chi connectivity index (χ0v) is 15.3. The van der Waals surface area contributed by atoms with Crippen molar-refractivity contribution in [1.82, 2.24) is 0 Å². The van der Waals surface area contributed by atoms with Crippen molar-refractivity contribution in [2.24, 2.45) is 0 Å². The van der Waals surface area contributed by atoms with Gasteiger partial charge in [-0.05, 0) is 49.5 Å². The molecule has 1 unspecified atom stereocenters. The van der Waals surface area contributed by atoms with Crippen molar-refractivity contribution in [2.75, 3.05) is 28.7 Å². The number of hydrogen-bond donors (Lipinski definition) is 1. The fourth-order valence-electron chi connectivity index (χ4n) is 2.66. The Bertz CT molecular complexity index is 783. The molecule has 2 aromatic carbocycles. The number of benzene rings is 2. The number of thiocarbonyl (C=S) groups is 1. The van der Waals surface area contributed by atoms with Crippen LogP contribution in [0.2, 0.25) is 0 Å². The fraction of sp³-hybridized carbons (Fsp3) is 0.211. The molecule has 3 rings (SSSR count). The van der Waals surface area contributed by atoms with Gasteiger partial charge in [-0.2, -0.15) is 0 Å². The van der Waals surface area contributed by atoms with E-state index >= 15 is 0 Å². The molecule has 0 spiro atoms. The molecular formula is C19H19N3S2. The monoisotopic (exact) mass is 353 g/mol. The summed E-state index contributed by atoms with van der Waals surface area (Å²) in [5, 5.41) is 4.33. The molecular weight excluding hydrogens is 334 g/mol. The van der Waals surface area contributed by atoms with Gasteiger partial charge in [0.15, 0.2) is 5.11 Å². The topological polar surface area (TPSA) is 18.5 Å². The van der Waals surface area contributed by atoms with E-state index in [1.165, 1.54) is 10.6 Å². The lowest BCUT2D eigenvalue weighted by atomic mass is 10.2. The third-order valence-electron chi connectivity index (χ3n) is 3.97. The van der Waals surface area contributed by atoms with Crippen molar-refractivity contribution in [1.29, 1.82) is 0 Å². The van der Waals surface area contributed by atoms with Gasteiger partial charge in [-0.15, -0.1) is 6.42 Å². The van der Waals surface area contributed by atoms with Gasteiger partial charge in [-0.25, -0.2) is 0 Å². The van der Waals surface area contributed by atoms with Crippen LogP contribution in [0.4, 0.5) is 17.1 Å². The molecule has 122 valence electrons. The summed E-state index contributed by atoms with van der Waals surface area (Å²) in [5.41, 5.74) is 3.24. The molecule has 1 aliphatic rings. The van der Waals surface area contributed by atoms with Gasteiger partial charge in [0.1, 0.15) is 0 Å². The van der Waals surface area contributed by atoms with Crippen LogP contribution in [0.3, 0.4) is 0 Å². The average Bonchev–Trinajstić information content (AvgIpc) is 2.90. The van der Waals surface area contributed by atoms with Crippen molar-refractivity contribution < 1.29 is 0 Å². The van der Waals surface area contributed by atoms with E-state index in [9.17, 15) is 0 Å². The third kappa shape index (κ3) is 3.35. The van der Waals surface area contributed by atoms with E-state index in [1.807, 2.05) is 60.1 Å². The van der Waals surface area contributed by atoms with Crippen LogP contribution in [-0.4, -0.2) is 24.1 Å². The van der Waals surface area contributed by atoms with Crippen LogP contribution in [0.5, 0.6) is 0 Å². The van der Waals surface area contributed by atoms with Crippen LogP contribution in [0.15, 0.2) is 53.4 Å². The number of fused-ring (bicyclic) bond motifs is 1. The number of nitrogens with one attached hydrogen (secondary N) is 1. The van der Waals surface area contributed by atoms with Crippen LogP contribution >= 0.6 is 24.0 Å². The predicted molar refractivity (Wildman–Crippen MR) is 109 cm³/mol. The van der Waals surface area contributed by atoms with Gasteiger partial charge in [-0.3, -0.25) is 0 Å². The van der Waals surface area contributed by atoms with Gasteiger partial charge < -0.3 is 15.1 Å². The summed E-state index contributed by atoms with van der Waals surface area (Å²) < 4.78 is 0. The molecule has 5 heteroatoms. The van der Waals surface area contributed by atoms with Crippen molar-refractivity contribution >= 4 is 46.2 Å². The minimum atomic E-state index is 0.352. The van der Waals surface area contributed by atoms with E-state index in [-0.39, 0.29) is 0 Å². The molecule has 0 amide bonds. The number of rotatable bonds is 3. The minimum absolute atomic E-state index is 0.352. The molecule has 0 aliphatic carbocycles. The lowest BCUT2D eigenvalue weighted by molar-refractivity contribution is 0.879. The summed E-state index contributed by atoms with van der Waals surface area (Å²) in [6.45, 7) is 2.80. The lowest BCUT2D eigenvalue weighted by Gasteiger charge is -2.22. The van der Waals surface area contributed by atoms with Gasteiger partial charge in [0.25, 0.3) is 0 Å². The Morgan fingerprint density at radius 3 is 2.79 bits per heavy atom. The maximum absolute atomic E-state index is 5.53. The Morgan fingerprint density at radius 1 is 1.33 bits per heavy atom. The Kier molecular flexibility index (Phi) is 4.98. The largest absolute Gasteiger partial charge is 0.347 e. The van der Waals surface area contributed by atoms with E-state index < -0.39 is 0 Å². The van der Waals surface area contributed by atoms with E-state index in [2.05, 4.69) is 35.2 Å². The van der Waals surface area contributed by atoms with Crippen LogP contribution in [0, 0.1) is 12.3 Å². The van der Waals surface area contributed by atoms with E-state index in [4.69, 9.17) is 18.6 Å². The summed E-state index contributed by atoms with van der Waals surface area (Å²) in [6.07, 6.45) is 5.48.